The zero-order valence-electron chi connectivity index (χ0n) is 19.2. The van der Waals surface area contributed by atoms with Crippen LogP contribution >= 0.6 is 0 Å². The van der Waals surface area contributed by atoms with Crippen LogP contribution in [0.2, 0.25) is 0 Å². The highest BCUT2D eigenvalue weighted by molar-refractivity contribution is 5.99. The number of pyridine rings is 1. The van der Waals surface area contributed by atoms with E-state index in [-0.39, 0.29) is 29.7 Å². The van der Waals surface area contributed by atoms with Crippen LogP contribution in [0.1, 0.15) is 30.3 Å². The summed E-state index contributed by atoms with van der Waals surface area (Å²) in [5, 5.41) is 0. The van der Waals surface area contributed by atoms with Gasteiger partial charge in [-0.25, -0.2) is 14.6 Å². The van der Waals surface area contributed by atoms with Crippen LogP contribution in [0, 0.1) is 0 Å². The second kappa shape index (κ2) is 9.65. The van der Waals surface area contributed by atoms with Gasteiger partial charge in [-0.3, -0.25) is 14.1 Å². The highest BCUT2D eigenvalue weighted by Crippen LogP contribution is 2.30. The molecule has 2 aliphatic rings. The second-order valence-electron chi connectivity index (χ2n) is 8.02. The number of aromatic nitrogens is 2. The number of hydrogen-bond donors (Lipinski definition) is 0. The Balaban J connectivity index is 1.94. The molecule has 0 aliphatic carbocycles. The molecule has 0 saturated carbocycles. The summed E-state index contributed by atoms with van der Waals surface area (Å²) in [6, 6.07) is 1.64. The number of carbonyl (C=O) groups is 2. The maximum absolute atomic E-state index is 13.5. The number of nitrogens with zero attached hydrogens (tertiary/aromatic N) is 5. The molecule has 2 amide bonds. The molecule has 33 heavy (non-hydrogen) atoms. The number of esters is 1. The first kappa shape index (κ1) is 22.8. The fraction of sp³-hybridized carbons (Fsp3) is 0.545. The SMILES string of the molecule is CCCCOc1c(C(=O)OC)nc2c(N3CCN(C)C3=O)cc(N3CCOCC3)cn2c1=O. The van der Waals surface area contributed by atoms with Crippen molar-refractivity contribution in [3.05, 3.63) is 28.3 Å². The van der Waals surface area contributed by atoms with E-state index in [9.17, 15) is 14.4 Å². The molecule has 2 aliphatic heterocycles. The maximum atomic E-state index is 13.5. The van der Waals surface area contributed by atoms with Crippen molar-refractivity contribution in [1.82, 2.24) is 14.3 Å². The quantitative estimate of drug-likeness (QED) is 0.452. The number of hydrogen-bond acceptors (Lipinski definition) is 8. The van der Waals surface area contributed by atoms with E-state index in [0.29, 0.717) is 45.1 Å². The van der Waals surface area contributed by atoms with Crippen LogP contribution in [0.25, 0.3) is 5.65 Å². The summed E-state index contributed by atoms with van der Waals surface area (Å²) in [7, 11) is 2.94. The molecule has 0 spiro atoms. The Morgan fingerprint density at radius 2 is 1.94 bits per heavy atom. The molecule has 2 saturated heterocycles. The number of urea groups is 1. The number of amides is 2. The Hall–Kier alpha value is -3.34. The molecule has 11 heteroatoms. The van der Waals surface area contributed by atoms with Gasteiger partial charge in [0.15, 0.2) is 11.3 Å². The number of likely N-dealkylation sites (N-methyl/N-ethyl adjacent to an activating group) is 1. The summed E-state index contributed by atoms with van der Waals surface area (Å²) < 4.78 is 17.4. The lowest BCUT2D eigenvalue weighted by Gasteiger charge is -2.30. The molecular weight excluding hydrogens is 430 g/mol. The zero-order chi connectivity index (χ0) is 23.5. The van der Waals surface area contributed by atoms with Crippen LogP contribution < -0.4 is 20.1 Å². The average Bonchev–Trinajstić information content (AvgIpc) is 3.17. The molecule has 11 nitrogen and oxygen atoms in total. The van der Waals surface area contributed by atoms with Crippen LogP contribution in [0.15, 0.2) is 17.1 Å². The predicted octanol–water partition coefficient (Wildman–Crippen LogP) is 1.37. The van der Waals surface area contributed by atoms with Gasteiger partial charge in [0.1, 0.15) is 0 Å². The first-order chi connectivity index (χ1) is 16.0. The van der Waals surface area contributed by atoms with Crippen LogP contribution in [0.5, 0.6) is 5.75 Å². The molecule has 0 atom stereocenters. The molecule has 0 bridgehead atoms. The van der Waals surface area contributed by atoms with Crippen molar-refractivity contribution < 1.29 is 23.8 Å². The summed E-state index contributed by atoms with van der Waals surface area (Å²) in [5.41, 5.74) is 0.698. The van der Waals surface area contributed by atoms with Gasteiger partial charge in [-0.2, -0.15) is 0 Å². The number of ether oxygens (including phenoxy) is 3. The molecule has 4 rings (SSSR count). The molecule has 0 N–H and O–H groups in total. The summed E-state index contributed by atoms with van der Waals surface area (Å²) >= 11 is 0. The maximum Gasteiger partial charge on any atom is 0.360 e. The lowest BCUT2D eigenvalue weighted by molar-refractivity contribution is 0.0588. The van der Waals surface area contributed by atoms with Gasteiger partial charge in [-0.15, -0.1) is 0 Å². The smallest absolute Gasteiger partial charge is 0.360 e. The Labute approximate surface area is 191 Å². The minimum absolute atomic E-state index is 0.150. The first-order valence-corrected chi connectivity index (χ1v) is 11.1. The fourth-order valence-corrected chi connectivity index (χ4v) is 3.94. The van der Waals surface area contributed by atoms with Gasteiger partial charge in [0.25, 0.3) is 0 Å². The van der Waals surface area contributed by atoms with Gasteiger partial charge in [0, 0.05) is 39.4 Å². The molecular formula is C22H29N5O6. The Morgan fingerprint density at radius 1 is 1.18 bits per heavy atom. The third-order valence-corrected chi connectivity index (χ3v) is 5.86. The summed E-state index contributed by atoms with van der Waals surface area (Å²) in [5.74, 6) is -0.920. The third kappa shape index (κ3) is 4.32. The summed E-state index contributed by atoms with van der Waals surface area (Å²) in [6.45, 7) is 5.70. The lowest BCUT2D eigenvalue weighted by Crippen LogP contribution is -2.37. The first-order valence-electron chi connectivity index (χ1n) is 11.1. The van der Waals surface area contributed by atoms with Gasteiger partial charge in [-0.05, 0) is 12.5 Å². The highest BCUT2D eigenvalue weighted by atomic mass is 16.5. The van der Waals surface area contributed by atoms with E-state index in [1.165, 1.54) is 11.5 Å². The van der Waals surface area contributed by atoms with Crippen molar-refractivity contribution in [1.29, 1.82) is 0 Å². The van der Waals surface area contributed by atoms with Crippen molar-refractivity contribution in [3.8, 4) is 5.75 Å². The van der Waals surface area contributed by atoms with Crippen LogP contribution in [-0.2, 0) is 9.47 Å². The van der Waals surface area contributed by atoms with Gasteiger partial charge >= 0.3 is 17.6 Å². The van der Waals surface area contributed by atoms with Gasteiger partial charge in [0.05, 0.1) is 38.3 Å². The molecule has 2 fully saturated rings. The topological polar surface area (TPSA) is 106 Å². The van der Waals surface area contributed by atoms with E-state index in [1.807, 2.05) is 13.0 Å². The van der Waals surface area contributed by atoms with Crippen LogP contribution in [0.3, 0.4) is 0 Å². The van der Waals surface area contributed by atoms with E-state index < -0.39 is 11.5 Å². The van der Waals surface area contributed by atoms with Crippen molar-refractivity contribution in [2.75, 3.05) is 70.0 Å². The number of unbranched alkanes of at least 4 members (excludes halogenated alkanes) is 1. The minimum Gasteiger partial charge on any atom is -0.486 e. The number of rotatable bonds is 7. The summed E-state index contributed by atoms with van der Waals surface area (Å²) in [4.78, 5) is 48.6. The highest BCUT2D eigenvalue weighted by Gasteiger charge is 2.31. The number of fused-ring (bicyclic) bond motifs is 1. The molecule has 0 unspecified atom stereocenters. The number of carbonyl (C=O) groups excluding carboxylic acids is 2. The minimum atomic E-state index is -0.769. The number of methoxy groups -OCH3 is 1. The molecule has 2 aromatic heterocycles. The van der Waals surface area contributed by atoms with E-state index in [4.69, 9.17) is 14.2 Å². The van der Waals surface area contributed by atoms with Crippen LogP contribution in [-0.4, -0.2) is 86.4 Å². The fourth-order valence-electron chi connectivity index (χ4n) is 3.94. The Bertz CT molecular complexity index is 1110. The lowest BCUT2D eigenvalue weighted by atomic mass is 10.2. The largest absolute Gasteiger partial charge is 0.486 e. The summed E-state index contributed by atoms with van der Waals surface area (Å²) in [6.07, 6.45) is 3.26. The van der Waals surface area contributed by atoms with Gasteiger partial charge in [-0.1, -0.05) is 13.3 Å². The van der Waals surface area contributed by atoms with Crippen molar-refractivity contribution in [3.63, 3.8) is 0 Å². The van der Waals surface area contributed by atoms with Crippen molar-refractivity contribution >= 4 is 29.0 Å². The number of anilines is 2. The molecule has 178 valence electrons. The Morgan fingerprint density at radius 3 is 2.58 bits per heavy atom. The third-order valence-electron chi connectivity index (χ3n) is 5.86. The van der Waals surface area contributed by atoms with Crippen LogP contribution in [0.4, 0.5) is 16.2 Å². The Kier molecular flexibility index (Phi) is 6.68. The standard InChI is InChI=1S/C22H29N5O6/c1-4-5-10-33-18-17(21(29)31-3)23-19-16(26-7-6-24(2)22(26)30)13-15(14-27(19)20(18)28)25-8-11-32-12-9-25/h13-14H,4-12H2,1-3H3. The second-order valence-corrected chi connectivity index (χ2v) is 8.02. The number of morpholine rings is 1. The van der Waals surface area contributed by atoms with E-state index >= 15 is 0 Å². The van der Waals surface area contributed by atoms with E-state index in [2.05, 4.69) is 9.88 Å². The van der Waals surface area contributed by atoms with Gasteiger partial charge < -0.3 is 24.0 Å². The average molecular weight is 460 g/mol. The zero-order valence-corrected chi connectivity index (χ0v) is 19.2. The molecule has 0 aromatic carbocycles. The van der Waals surface area contributed by atoms with Crippen molar-refractivity contribution in [2.45, 2.75) is 19.8 Å². The van der Waals surface area contributed by atoms with E-state index in [0.717, 1.165) is 18.5 Å². The predicted molar refractivity (Wildman–Crippen MR) is 122 cm³/mol. The normalized spacial score (nSPS) is 16.6. The molecule has 0 radical (unpaired) electrons. The molecule has 2 aromatic rings. The van der Waals surface area contributed by atoms with Crippen molar-refractivity contribution in [2.24, 2.45) is 0 Å². The monoisotopic (exact) mass is 459 g/mol. The van der Waals surface area contributed by atoms with E-state index in [1.54, 1.807) is 23.0 Å². The molecule has 4 heterocycles. The van der Waals surface area contributed by atoms with Gasteiger partial charge in [0.2, 0.25) is 5.75 Å².